The fourth-order valence-corrected chi connectivity index (χ4v) is 5.91. The summed E-state index contributed by atoms with van der Waals surface area (Å²) in [5.74, 6) is -2.38. The molecule has 266 valence electrons. The van der Waals surface area contributed by atoms with E-state index in [0.29, 0.717) is 0 Å². The molecule has 15 heteroatoms. The van der Waals surface area contributed by atoms with Gasteiger partial charge in [0.05, 0.1) is 67.9 Å². The van der Waals surface area contributed by atoms with Crippen LogP contribution in [0.25, 0.3) is 10.4 Å². The largest absolute Gasteiger partial charge is 0.480 e. The first kappa shape index (κ1) is 39.0. The quantitative estimate of drug-likeness (QED) is 0.158. The van der Waals surface area contributed by atoms with Crippen LogP contribution in [0.3, 0.4) is 0 Å². The predicted molar refractivity (Wildman–Crippen MR) is 177 cm³/mol. The summed E-state index contributed by atoms with van der Waals surface area (Å²) in [6, 6.07) is 5.66. The molecule has 0 aliphatic carbocycles. The number of hydrogen-bond acceptors (Lipinski definition) is 11. The molecule has 1 saturated heterocycles. The molecule has 0 spiro atoms. The van der Waals surface area contributed by atoms with Gasteiger partial charge in [0.2, 0.25) is 17.7 Å². The van der Waals surface area contributed by atoms with Crippen molar-refractivity contribution in [1.82, 2.24) is 20.5 Å². The van der Waals surface area contributed by atoms with Crippen molar-refractivity contribution in [2.24, 2.45) is 5.41 Å². The minimum Gasteiger partial charge on any atom is -0.480 e. The van der Waals surface area contributed by atoms with Crippen LogP contribution in [0.2, 0.25) is 0 Å². The lowest BCUT2D eigenvalue weighted by Gasteiger charge is -2.35. The molecule has 0 radical (unpaired) electrons. The third-order valence-corrected chi connectivity index (χ3v) is 8.61. The SMILES string of the molecule is Cc1ncsc1-c1ccc([C@H](C)NC(=O)[C@@H]2C[C@@H](O)CN2C(=O)C(NC(=O)COCCOCCOCCOCC(=O)O)C(C)(C)C)cc1. The third-order valence-electron chi connectivity index (χ3n) is 7.63. The number of rotatable bonds is 19. The van der Waals surface area contributed by atoms with Gasteiger partial charge in [-0.15, -0.1) is 11.3 Å². The number of benzene rings is 1. The Morgan fingerprint density at radius 1 is 0.958 bits per heavy atom. The average Bonchev–Trinajstić information content (AvgIpc) is 3.64. The van der Waals surface area contributed by atoms with E-state index in [4.69, 9.17) is 24.1 Å². The van der Waals surface area contributed by atoms with Crippen LogP contribution in [0.4, 0.5) is 0 Å². The molecule has 1 aliphatic heterocycles. The maximum atomic E-state index is 13.8. The van der Waals surface area contributed by atoms with E-state index in [2.05, 4.69) is 15.6 Å². The number of carbonyl (C=O) groups is 4. The van der Waals surface area contributed by atoms with Gasteiger partial charge in [-0.3, -0.25) is 14.4 Å². The molecule has 3 amide bonds. The molecule has 2 aromatic rings. The smallest absolute Gasteiger partial charge is 0.329 e. The molecule has 1 aliphatic rings. The highest BCUT2D eigenvalue weighted by Crippen LogP contribution is 2.29. The Balaban J connectivity index is 1.46. The van der Waals surface area contributed by atoms with Crippen LogP contribution >= 0.6 is 11.3 Å². The van der Waals surface area contributed by atoms with Crippen molar-refractivity contribution in [3.05, 3.63) is 41.0 Å². The lowest BCUT2D eigenvalue weighted by Crippen LogP contribution is -2.58. The Labute approximate surface area is 285 Å². The van der Waals surface area contributed by atoms with E-state index < -0.39 is 41.4 Å². The molecular formula is C33H48N4O10S. The van der Waals surface area contributed by atoms with Crippen molar-refractivity contribution in [1.29, 1.82) is 0 Å². The molecule has 1 aromatic heterocycles. The van der Waals surface area contributed by atoms with Gasteiger partial charge in [0, 0.05) is 13.0 Å². The second kappa shape index (κ2) is 18.9. The fourth-order valence-electron chi connectivity index (χ4n) is 5.10. The van der Waals surface area contributed by atoms with Gasteiger partial charge in [-0.25, -0.2) is 9.78 Å². The van der Waals surface area contributed by atoms with Crippen molar-refractivity contribution in [3.8, 4) is 10.4 Å². The van der Waals surface area contributed by atoms with Gasteiger partial charge in [0.25, 0.3) is 0 Å². The maximum Gasteiger partial charge on any atom is 0.329 e. The number of aliphatic hydroxyl groups excluding tert-OH is 1. The minimum absolute atomic E-state index is 0.0242. The zero-order valence-electron chi connectivity index (χ0n) is 28.2. The van der Waals surface area contributed by atoms with Gasteiger partial charge in [0.15, 0.2) is 0 Å². The van der Waals surface area contributed by atoms with E-state index in [-0.39, 0.29) is 77.8 Å². The Bertz CT molecular complexity index is 1350. The van der Waals surface area contributed by atoms with Crippen LogP contribution in [0.15, 0.2) is 29.8 Å². The number of thiazole rings is 1. The van der Waals surface area contributed by atoms with E-state index in [1.807, 2.05) is 58.9 Å². The number of carboxylic acids is 1. The summed E-state index contributed by atoms with van der Waals surface area (Å²) in [4.78, 5) is 57.2. The van der Waals surface area contributed by atoms with Crippen molar-refractivity contribution >= 4 is 35.0 Å². The highest BCUT2D eigenvalue weighted by molar-refractivity contribution is 7.13. The zero-order chi connectivity index (χ0) is 35.3. The number of amides is 3. The summed E-state index contributed by atoms with van der Waals surface area (Å²) in [6.45, 7) is 9.88. The summed E-state index contributed by atoms with van der Waals surface area (Å²) in [6.07, 6.45) is -0.789. The molecule has 1 aromatic carbocycles. The second-order valence-corrected chi connectivity index (χ2v) is 13.5. The second-order valence-electron chi connectivity index (χ2n) is 12.6. The summed E-state index contributed by atoms with van der Waals surface area (Å²) >= 11 is 1.57. The molecule has 2 heterocycles. The number of β-amino-alcohol motifs (C(OH)–C–C–N with tert-alkyl or cyclic N) is 1. The van der Waals surface area contributed by atoms with Crippen LogP contribution in [0, 0.1) is 12.3 Å². The van der Waals surface area contributed by atoms with E-state index in [0.717, 1.165) is 21.7 Å². The molecule has 1 unspecified atom stereocenters. The number of hydrogen-bond donors (Lipinski definition) is 4. The normalized spacial score (nSPS) is 17.6. The summed E-state index contributed by atoms with van der Waals surface area (Å²) in [7, 11) is 0. The Morgan fingerprint density at radius 3 is 2.08 bits per heavy atom. The zero-order valence-corrected chi connectivity index (χ0v) is 29.0. The first-order valence-electron chi connectivity index (χ1n) is 15.9. The number of aliphatic hydroxyl groups is 1. The fraction of sp³-hybridized carbons (Fsp3) is 0.606. The van der Waals surface area contributed by atoms with Gasteiger partial charge < -0.3 is 44.7 Å². The third kappa shape index (κ3) is 12.2. The standard InChI is InChI=1S/C33H48N4O10S/c1-21(23-6-8-24(9-7-23)29-22(2)34-20-48-29)35-31(42)26-16-25(38)17-37(26)32(43)30(33(3,4)5)36-27(39)18-46-14-12-44-10-11-45-13-15-47-19-28(40)41/h6-9,20-21,25-26,30,38H,10-19H2,1-5H3,(H,35,42)(H,36,39)(H,40,41)/t21-,25+,26-,30?/m0/s1. The van der Waals surface area contributed by atoms with E-state index in [1.54, 1.807) is 16.8 Å². The number of aliphatic carboxylic acids is 1. The average molecular weight is 693 g/mol. The summed E-state index contributed by atoms with van der Waals surface area (Å²) in [5, 5.41) is 24.7. The number of carbonyl (C=O) groups excluding carboxylic acids is 3. The lowest BCUT2D eigenvalue weighted by molar-refractivity contribution is -0.144. The van der Waals surface area contributed by atoms with E-state index in [1.165, 1.54) is 4.90 Å². The van der Waals surface area contributed by atoms with Gasteiger partial charge in [-0.2, -0.15) is 0 Å². The molecule has 0 bridgehead atoms. The summed E-state index contributed by atoms with van der Waals surface area (Å²) in [5.41, 5.74) is 4.00. The molecule has 48 heavy (non-hydrogen) atoms. The van der Waals surface area contributed by atoms with Gasteiger partial charge >= 0.3 is 5.97 Å². The maximum absolute atomic E-state index is 13.8. The lowest BCUT2D eigenvalue weighted by atomic mass is 9.85. The molecule has 0 saturated carbocycles. The van der Waals surface area contributed by atoms with Crippen LogP contribution in [-0.2, 0) is 38.1 Å². The molecule has 1 fully saturated rings. The van der Waals surface area contributed by atoms with Gasteiger partial charge in [-0.1, -0.05) is 45.0 Å². The molecule has 14 nitrogen and oxygen atoms in total. The number of ether oxygens (including phenoxy) is 4. The first-order chi connectivity index (χ1) is 22.8. The number of nitrogens with zero attached hydrogens (tertiary/aromatic N) is 2. The molecule has 3 rings (SSSR count). The number of nitrogens with one attached hydrogen (secondary N) is 2. The Hall–Kier alpha value is -3.47. The van der Waals surface area contributed by atoms with Crippen LogP contribution in [0.5, 0.6) is 0 Å². The minimum atomic E-state index is -1.04. The highest BCUT2D eigenvalue weighted by Gasteiger charge is 2.44. The number of carboxylic acid groups (broad SMARTS) is 1. The van der Waals surface area contributed by atoms with Crippen LogP contribution in [0.1, 0.15) is 51.4 Å². The van der Waals surface area contributed by atoms with Crippen LogP contribution < -0.4 is 10.6 Å². The van der Waals surface area contributed by atoms with Crippen LogP contribution in [-0.4, -0.2) is 121 Å². The predicted octanol–water partition coefficient (Wildman–Crippen LogP) is 1.94. The monoisotopic (exact) mass is 692 g/mol. The van der Waals surface area contributed by atoms with E-state index in [9.17, 15) is 24.3 Å². The first-order valence-corrected chi connectivity index (χ1v) is 16.8. The molecule has 4 N–H and O–H groups in total. The molecule has 4 atom stereocenters. The Kier molecular flexibility index (Phi) is 15.4. The number of aromatic nitrogens is 1. The van der Waals surface area contributed by atoms with Crippen molar-refractivity contribution < 1.29 is 48.3 Å². The topological polar surface area (TPSA) is 186 Å². The van der Waals surface area contributed by atoms with Crippen molar-refractivity contribution in [2.45, 2.75) is 65.3 Å². The van der Waals surface area contributed by atoms with Gasteiger partial charge in [0.1, 0.15) is 25.3 Å². The number of aryl methyl sites for hydroxylation is 1. The Morgan fingerprint density at radius 2 is 1.54 bits per heavy atom. The van der Waals surface area contributed by atoms with Crippen molar-refractivity contribution in [2.75, 3.05) is 59.4 Å². The molecular weight excluding hydrogens is 644 g/mol. The van der Waals surface area contributed by atoms with Gasteiger partial charge in [-0.05, 0) is 30.4 Å². The van der Waals surface area contributed by atoms with E-state index >= 15 is 0 Å². The number of likely N-dealkylation sites (tertiary alicyclic amines) is 1. The highest BCUT2D eigenvalue weighted by atomic mass is 32.1. The van der Waals surface area contributed by atoms with Crippen molar-refractivity contribution in [3.63, 3.8) is 0 Å². The summed E-state index contributed by atoms with van der Waals surface area (Å²) < 4.78 is 20.9.